The topological polar surface area (TPSA) is 60.0 Å². The van der Waals surface area contributed by atoms with E-state index < -0.39 is 0 Å². The number of carbonyl (C=O) groups is 1. The standard InChI is InChI=1S/C12H14BrN3O/c1-7-11(13)9-5-3-4-6-10(9)16(7)8(2)12(17)15-14/h3-6,8H,14H2,1-2H3,(H,15,17). The molecule has 1 aromatic carbocycles. The molecule has 0 aliphatic heterocycles. The third-order valence-electron chi connectivity index (χ3n) is 2.99. The predicted octanol–water partition coefficient (Wildman–Crippen LogP) is 2.26. The van der Waals surface area contributed by atoms with Crippen molar-refractivity contribution in [3.63, 3.8) is 0 Å². The first-order valence-electron chi connectivity index (χ1n) is 5.33. The van der Waals surface area contributed by atoms with Crippen molar-refractivity contribution in [1.82, 2.24) is 9.99 Å². The molecule has 1 amide bonds. The SMILES string of the molecule is Cc1c(Br)c2ccccc2n1C(C)C(=O)NN. The number of benzene rings is 1. The van der Waals surface area contributed by atoms with Gasteiger partial charge in [-0.05, 0) is 35.8 Å². The molecule has 1 heterocycles. The molecule has 0 aliphatic rings. The molecule has 1 aromatic heterocycles. The number of halogens is 1. The second kappa shape index (κ2) is 4.50. The lowest BCUT2D eigenvalue weighted by Crippen LogP contribution is -2.36. The van der Waals surface area contributed by atoms with E-state index >= 15 is 0 Å². The van der Waals surface area contributed by atoms with Crippen LogP contribution < -0.4 is 11.3 Å². The predicted molar refractivity (Wildman–Crippen MR) is 71.4 cm³/mol. The lowest BCUT2D eigenvalue weighted by atomic mass is 10.2. The third kappa shape index (κ3) is 1.85. The van der Waals surface area contributed by atoms with E-state index in [1.54, 1.807) is 0 Å². The number of carbonyl (C=O) groups excluding carboxylic acids is 1. The molecule has 90 valence electrons. The molecule has 1 atom stereocenters. The molecule has 2 rings (SSSR count). The Kier molecular flexibility index (Phi) is 3.22. The number of fused-ring (bicyclic) bond motifs is 1. The number of hydrazine groups is 1. The molecule has 3 N–H and O–H groups in total. The summed E-state index contributed by atoms with van der Waals surface area (Å²) >= 11 is 3.56. The highest BCUT2D eigenvalue weighted by molar-refractivity contribution is 9.10. The highest BCUT2D eigenvalue weighted by Gasteiger charge is 2.20. The monoisotopic (exact) mass is 295 g/mol. The van der Waals surface area contributed by atoms with E-state index in [1.165, 1.54) is 0 Å². The molecule has 0 bridgehead atoms. The zero-order valence-corrected chi connectivity index (χ0v) is 11.3. The summed E-state index contributed by atoms with van der Waals surface area (Å²) in [6.45, 7) is 3.80. The normalized spacial score (nSPS) is 12.7. The maximum atomic E-state index is 11.6. The van der Waals surface area contributed by atoms with Crippen molar-refractivity contribution in [3.05, 3.63) is 34.4 Å². The lowest BCUT2D eigenvalue weighted by molar-refractivity contribution is -0.123. The summed E-state index contributed by atoms with van der Waals surface area (Å²) in [4.78, 5) is 11.6. The molecular formula is C12H14BrN3O. The van der Waals surface area contributed by atoms with Crippen molar-refractivity contribution < 1.29 is 4.79 Å². The van der Waals surface area contributed by atoms with Gasteiger partial charge in [-0.2, -0.15) is 0 Å². The van der Waals surface area contributed by atoms with Gasteiger partial charge in [-0.15, -0.1) is 0 Å². The molecule has 1 unspecified atom stereocenters. The van der Waals surface area contributed by atoms with E-state index in [9.17, 15) is 4.79 Å². The number of nitrogens with zero attached hydrogens (tertiary/aromatic N) is 1. The number of para-hydroxylation sites is 1. The smallest absolute Gasteiger partial charge is 0.256 e. The van der Waals surface area contributed by atoms with Crippen molar-refractivity contribution in [2.24, 2.45) is 5.84 Å². The zero-order valence-electron chi connectivity index (χ0n) is 9.70. The van der Waals surface area contributed by atoms with Crippen LogP contribution >= 0.6 is 15.9 Å². The van der Waals surface area contributed by atoms with Gasteiger partial charge < -0.3 is 4.57 Å². The fourth-order valence-corrected chi connectivity index (χ4v) is 2.61. The van der Waals surface area contributed by atoms with E-state index in [0.717, 1.165) is 21.1 Å². The van der Waals surface area contributed by atoms with Crippen LogP contribution in [0.15, 0.2) is 28.7 Å². The molecule has 0 radical (unpaired) electrons. The summed E-state index contributed by atoms with van der Waals surface area (Å²) < 4.78 is 2.99. The van der Waals surface area contributed by atoms with Crippen LogP contribution in [0, 0.1) is 6.92 Å². The minimum absolute atomic E-state index is 0.207. The van der Waals surface area contributed by atoms with Crippen molar-refractivity contribution >= 4 is 32.7 Å². The summed E-state index contributed by atoms with van der Waals surface area (Å²) in [7, 11) is 0. The molecule has 0 saturated heterocycles. The first-order chi connectivity index (χ1) is 8.07. The zero-order chi connectivity index (χ0) is 12.6. The average Bonchev–Trinajstić information content (AvgIpc) is 2.61. The lowest BCUT2D eigenvalue weighted by Gasteiger charge is -2.15. The molecule has 0 spiro atoms. The first kappa shape index (κ1) is 12.1. The summed E-state index contributed by atoms with van der Waals surface area (Å²) in [6, 6.07) is 7.61. The largest absolute Gasteiger partial charge is 0.331 e. The second-order valence-electron chi connectivity index (χ2n) is 3.97. The van der Waals surface area contributed by atoms with Crippen molar-refractivity contribution in [2.45, 2.75) is 19.9 Å². The number of hydrogen-bond acceptors (Lipinski definition) is 2. The van der Waals surface area contributed by atoms with Crippen LogP contribution in [0.5, 0.6) is 0 Å². The van der Waals surface area contributed by atoms with Gasteiger partial charge in [-0.3, -0.25) is 10.2 Å². The maximum absolute atomic E-state index is 11.6. The van der Waals surface area contributed by atoms with Gasteiger partial charge in [0.15, 0.2) is 0 Å². The highest BCUT2D eigenvalue weighted by Crippen LogP contribution is 2.32. The van der Waals surface area contributed by atoms with Gasteiger partial charge in [0, 0.05) is 15.6 Å². The summed E-state index contributed by atoms with van der Waals surface area (Å²) in [5.74, 6) is 4.98. The van der Waals surface area contributed by atoms with Crippen molar-refractivity contribution in [2.75, 3.05) is 0 Å². The number of nitrogens with two attached hydrogens (primary N) is 1. The molecule has 17 heavy (non-hydrogen) atoms. The summed E-state index contributed by atoms with van der Waals surface area (Å²) in [5, 5.41) is 1.10. The van der Waals surface area contributed by atoms with E-state index in [4.69, 9.17) is 5.84 Å². The Hall–Kier alpha value is -1.33. The molecule has 0 fully saturated rings. The second-order valence-corrected chi connectivity index (χ2v) is 4.76. The minimum Gasteiger partial charge on any atom is -0.331 e. The Bertz CT molecular complexity index is 576. The number of rotatable bonds is 2. The maximum Gasteiger partial charge on any atom is 0.256 e. The molecule has 0 aliphatic carbocycles. The van der Waals surface area contributed by atoms with Gasteiger partial charge in [0.2, 0.25) is 0 Å². The third-order valence-corrected chi connectivity index (χ3v) is 3.99. The van der Waals surface area contributed by atoms with Crippen LogP contribution in [0.2, 0.25) is 0 Å². The Morgan fingerprint density at radius 1 is 1.47 bits per heavy atom. The molecule has 0 saturated carbocycles. The van der Waals surface area contributed by atoms with Crippen LogP contribution in [-0.4, -0.2) is 10.5 Å². The van der Waals surface area contributed by atoms with Gasteiger partial charge in [-0.25, -0.2) is 5.84 Å². The molecule has 2 aromatic rings. The van der Waals surface area contributed by atoms with Gasteiger partial charge in [0.1, 0.15) is 6.04 Å². The van der Waals surface area contributed by atoms with E-state index in [2.05, 4.69) is 21.4 Å². The van der Waals surface area contributed by atoms with E-state index in [-0.39, 0.29) is 11.9 Å². The number of aromatic nitrogens is 1. The van der Waals surface area contributed by atoms with Crippen molar-refractivity contribution in [1.29, 1.82) is 0 Å². The summed E-state index contributed by atoms with van der Waals surface area (Å²) in [5.41, 5.74) is 4.23. The minimum atomic E-state index is -0.337. The van der Waals surface area contributed by atoms with Gasteiger partial charge >= 0.3 is 0 Å². The van der Waals surface area contributed by atoms with Crippen LogP contribution in [0.3, 0.4) is 0 Å². The average molecular weight is 296 g/mol. The van der Waals surface area contributed by atoms with Crippen LogP contribution in [0.1, 0.15) is 18.7 Å². The number of hydrogen-bond donors (Lipinski definition) is 2. The number of nitrogens with one attached hydrogen (secondary N) is 1. The Morgan fingerprint density at radius 2 is 2.12 bits per heavy atom. The fourth-order valence-electron chi connectivity index (χ4n) is 2.09. The van der Waals surface area contributed by atoms with E-state index in [1.807, 2.05) is 42.7 Å². The van der Waals surface area contributed by atoms with Crippen LogP contribution in [-0.2, 0) is 4.79 Å². The van der Waals surface area contributed by atoms with Crippen molar-refractivity contribution in [3.8, 4) is 0 Å². The highest BCUT2D eigenvalue weighted by atomic mass is 79.9. The Balaban J connectivity index is 2.69. The Morgan fingerprint density at radius 3 is 2.76 bits per heavy atom. The van der Waals surface area contributed by atoms with Crippen LogP contribution in [0.25, 0.3) is 10.9 Å². The van der Waals surface area contributed by atoms with Crippen LogP contribution in [0.4, 0.5) is 0 Å². The molecular weight excluding hydrogens is 282 g/mol. The summed E-state index contributed by atoms with van der Waals surface area (Å²) in [6.07, 6.45) is 0. The van der Waals surface area contributed by atoms with Gasteiger partial charge in [-0.1, -0.05) is 18.2 Å². The van der Waals surface area contributed by atoms with Gasteiger partial charge in [0.25, 0.3) is 5.91 Å². The number of amides is 1. The van der Waals surface area contributed by atoms with Gasteiger partial charge in [0.05, 0.1) is 5.52 Å². The molecule has 5 heteroatoms. The molecule has 4 nitrogen and oxygen atoms in total. The fraction of sp³-hybridized carbons (Fsp3) is 0.250. The first-order valence-corrected chi connectivity index (χ1v) is 6.12. The van der Waals surface area contributed by atoms with E-state index in [0.29, 0.717) is 0 Å². The quantitative estimate of drug-likeness (QED) is 0.507. The Labute approximate surface area is 108 Å².